The number of aryl methyl sites for hydroxylation is 1. The first-order chi connectivity index (χ1) is 14.4. The molecule has 0 bridgehead atoms. The fourth-order valence-corrected chi connectivity index (χ4v) is 4.61. The van der Waals surface area contributed by atoms with E-state index >= 15 is 0 Å². The fourth-order valence-electron chi connectivity index (χ4n) is 2.68. The minimum atomic E-state index is -3.65. The van der Waals surface area contributed by atoms with Crippen LogP contribution in [0.5, 0.6) is 0 Å². The van der Waals surface area contributed by atoms with Crippen molar-refractivity contribution in [2.45, 2.75) is 37.8 Å². The summed E-state index contributed by atoms with van der Waals surface area (Å²) in [6.45, 7) is 3.99. The van der Waals surface area contributed by atoms with Crippen molar-refractivity contribution in [1.29, 1.82) is 0 Å². The lowest BCUT2D eigenvalue weighted by molar-refractivity contribution is -0.117. The maximum absolute atomic E-state index is 12.4. The monoisotopic (exact) mass is 445 g/mol. The van der Waals surface area contributed by atoms with Gasteiger partial charge in [-0.25, -0.2) is 18.1 Å². The highest BCUT2D eigenvalue weighted by atomic mass is 32.2. The molecular weight excluding hydrogens is 422 g/mol. The Bertz CT molecular complexity index is 1100. The van der Waals surface area contributed by atoms with Gasteiger partial charge < -0.3 is 9.73 Å². The van der Waals surface area contributed by atoms with Crippen LogP contribution in [0, 0.1) is 6.92 Å². The molecule has 158 valence electrons. The Balaban J connectivity index is 1.58. The van der Waals surface area contributed by atoms with Gasteiger partial charge in [0.15, 0.2) is 0 Å². The van der Waals surface area contributed by atoms with E-state index in [1.165, 1.54) is 35.8 Å². The lowest BCUT2D eigenvalue weighted by Gasteiger charge is -2.12. The second-order valence-corrected chi connectivity index (χ2v) is 9.26. The van der Waals surface area contributed by atoms with Crippen LogP contribution < -0.4 is 10.0 Å². The summed E-state index contributed by atoms with van der Waals surface area (Å²) in [6.07, 6.45) is 5.30. The first-order valence-electron chi connectivity index (χ1n) is 9.40. The minimum absolute atomic E-state index is 0.0778. The Morgan fingerprint density at radius 3 is 2.63 bits per heavy atom. The third-order valence-electron chi connectivity index (χ3n) is 4.29. The number of nitrogens with zero attached hydrogens (tertiary/aromatic N) is 1. The van der Waals surface area contributed by atoms with Crippen LogP contribution in [0.25, 0.3) is 6.08 Å². The molecule has 3 aromatic rings. The molecule has 0 fully saturated rings. The first kappa shape index (κ1) is 21.9. The van der Waals surface area contributed by atoms with E-state index in [0.717, 1.165) is 17.1 Å². The first-order valence-corrected chi connectivity index (χ1v) is 11.8. The number of aromatic nitrogens is 1. The molecule has 2 aromatic heterocycles. The minimum Gasteiger partial charge on any atom is -0.468 e. The number of sulfonamides is 1. The fraction of sp³-hybridized carbons (Fsp3) is 0.238. The summed E-state index contributed by atoms with van der Waals surface area (Å²) in [6, 6.07) is 9.54. The maximum Gasteiger partial charge on any atom is 0.244 e. The molecule has 3 rings (SSSR count). The molecule has 1 aromatic carbocycles. The van der Waals surface area contributed by atoms with Crippen LogP contribution in [0.2, 0.25) is 0 Å². The number of amides is 1. The smallest absolute Gasteiger partial charge is 0.244 e. The summed E-state index contributed by atoms with van der Waals surface area (Å²) in [4.78, 5) is 16.8. The Morgan fingerprint density at radius 2 is 2.03 bits per heavy atom. The summed E-state index contributed by atoms with van der Waals surface area (Å²) < 4.78 is 32.3. The van der Waals surface area contributed by atoms with Crippen molar-refractivity contribution in [2.24, 2.45) is 0 Å². The number of furan rings is 1. The van der Waals surface area contributed by atoms with Crippen molar-refractivity contribution in [1.82, 2.24) is 15.0 Å². The Morgan fingerprint density at radius 1 is 1.27 bits per heavy atom. The summed E-state index contributed by atoms with van der Waals surface area (Å²) in [5, 5.41) is 5.78. The predicted molar refractivity (Wildman–Crippen MR) is 116 cm³/mol. The third-order valence-corrected chi connectivity index (χ3v) is 6.79. The van der Waals surface area contributed by atoms with Gasteiger partial charge in [0.25, 0.3) is 0 Å². The normalized spacial score (nSPS) is 12.9. The summed E-state index contributed by atoms with van der Waals surface area (Å²) in [5.41, 5.74) is 1.65. The van der Waals surface area contributed by atoms with Crippen LogP contribution in [0.4, 0.5) is 0 Å². The number of carbonyl (C=O) groups is 1. The number of hydrogen-bond donors (Lipinski definition) is 2. The number of carbonyl (C=O) groups excluding carboxylic acids is 1. The molecular formula is C21H23N3O4S2. The van der Waals surface area contributed by atoms with Crippen molar-refractivity contribution in [3.8, 4) is 0 Å². The zero-order valence-corrected chi connectivity index (χ0v) is 18.3. The molecule has 0 aliphatic heterocycles. The predicted octanol–water partition coefficient (Wildman–Crippen LogP) is 3.80. The standard InChI is InChI=1S/C21H23N3O4S2/c1-3-19(21-23-15(2)14-29-21)24-20(25)11-8-16-6-9-18(10-7-16)30(26,27)22-13-17-5-4-12-28-17/h4-12,14,19,22H,3,13H2,1-2H3,(H,24,25)/b11-8+. The van der Waals surface area contributed by atoms with Crippen LogP contribution in [-0.2, 0) is 21.4 Å². The summed E-state index contributed by atoms with van der Waals surface area (Å²) >= 11 is 1.53. The molecule has 0 aliphatic rings. The molecule has 0 saturated heterocycles. The number of nitrogens with one attached hydrogen (secondary N) is 2. The van der Waals surface area contributed by atoms with Gasteiger partial charge in [0.05, 0.1) is 23.7 Å². The molecule has 0 aliphatic carbocycles. The van der Waals surface area contributed by atoms with Gasteiger partial charge in [-0.15, -0.1) is 11.3 Å². The van der Waals surface area contributed by atoms with E-state index in [-0.39, 0.29) is 23.4 Å². The third kappa shape index (κ3) is 5.88. The van der Waals surface area contributed by atoms with Gasteiger partial charge in [-0.05, 0) is 49.2 Å². The highest BCUT2D eigenvalue weighted by Gasteiger charge is 2.15. The highest BCUT2D eigenvalue weighted by molar-refractivity contribution is 7.89. The Hall–Kier alpha value is -2.75. The number of hydrogen-bond acceptors (Lipinski definition) is 6. The van der Waals surface area contributed by atoms with E-state index in [1.807, 2.05) is 19.2 Å². The largest absolute Gasteiger partial charge is 0.468 e. The van der Waals surface area contributed by atoms with E-state index in [0.29, 0.717) is 11.3 Å². The van der Waals surface area contributed by atoms with Crippen molar-refractivity contribution < 1.29 is 17.6 Å². The molecule has 2 N–H and O–H groups in total. The SMILES string of the molecule is CCC(NC(=O)/C=C/c1ccc(S(=O)(=O)NCc2ccco2)cc1)c1nc(C)cs1. The lowest BCUT2D eigenvalue weighted by atomic mass is 10.2. The molecule has 0 spiro atoms. The molecule has 2 heterocycles. The summed E-state index contributed by atoms with van der Waals surface area (Å²) in [7, 11) is -3.65. The quantitative estimate of drug-likeness (QED) is 0.488. The molecule has 30 heavy (non-hydrogen) atoms. The number of benzene rings is 1. The second-order valence-electron chi connectivity index (χ2n) is 6.60. The highest BCUT2D eigenvalue weighted by Crippen LogP contribution is 2.20. The van der Waals surface area contributed by atoms with E-state index in [4.69, 9.17) is 4.42 Å². The van der Waals surface area contributed by atoms with Crippen LogP contribution in [0.15, 0.2) is 63.4 Å². The average molecular weight is 446 g/mol. The van der Waals surface area contributed by atoms with Crippen LogP contribution >= 0.6 is 11.3 Å². The van der Waals surface area contributed by atoms with Crippen LogP contribution in [0.3, 0.4) is 0 Å². The van der Waals surface area contributed by atoms with E-state index in [1.54, 1.807) is 30.3 Å². The lowest BCUT2D eigenvalue weighted by Crippen LogP contribution is -2.26. The van der Waals surface area contributed by atoms with Gasteiger partial charge in [0.1, 0.15) is 10.8 Å². The van der Waals surface area contributed by atoms with Gasteiger partial charge in [0.2, 0.25) is 15.9 Å². The van der Waals surface area contributed by atoms with Gasteiger partial charge in [-0.3, -0.25) is 4.79 Å². The van der Waals surface area contributed by atoms with E-state index in [9.17, 15) is 13.2 Å². The number of rotatable bonds is 9. The zero-order valence-electron chi connectivity index (χ0n) is 16.7. The van der Waals surface area contributed by atoms with Gasteiger partial charge in [-0.2, -0.15) is 0 Å². The Kier molecular flexibility index (Phi) is 7.20. The van der Waals surface area contributed by atoms with E-state index in [2.05, 4.69) is 15.0 Å². The van der Waals surface area contributed by atoms with Crippen molar-refractivity contribution in [2.75, 3.05) is 0 Å². The molecule has 9 heteroatoms. The van der Waals surface area contributed by atoms with Crippen LogP contribution in [0.1, 0.15) is 41.4 Å². The molecule has 7 nitrogen and oxygen atoms in total. The number of thiazole rings is 1. The molecule has 0 saturated carbocycles. The van der Waals surface area contributed by atoms with Crippen molar-refractivity contribution >= 4 is 33.3 Å². The molecule has 1 unspecified atom stereocenters. The van der Waals surface area contributed by atoms with Crippen molar-refractivity contribution in [3.63, 3.8) is 0 Å². The molecule has 1 atom stereocenters. The molecule has 0 radical (unpaired) electrons. The van der Waals surface area contributed by atoms with Gasteiger partial charge in [0, 0.05) is 17.2 Å². The second kappa shape index (κ2) is 9.84. The Labute approximate surface area is 179 Å². The zero-order chi connectivity index (χ0) is 21.6. The van der Waals surface area contributed by atoms with Gasteiger partial charge >= 0.3 is 0 Å². The summed E-state index contributed by atoms with van der Waals surface area (Å²) in [5.74, 6) is 0.300. The molecule has 1 amide bonds. The van der Waals surface area contributed by atoms with Gasteiger partial charge in [-0.1, -0.05) is 19.1 Å². The average Bonchev–Trinajstić information content (AvgIpc) is 3.41. The van der Waals surface area contributed by atoms with Crippen molar-refractivity contribution in [3.05, 3.63) is 76.1 Å². The van der Waals surface area contributed by atoms with E-state index < -0.39 is 10.0 Å². The van der Waals surface area contributed by atoms with Crippen LogP contribution in [-0.4, -0.2) is 19.3 Å². The maximum atomic E-state index is 12.4. The topological polar surface area (TPSA) is 101 Å².